The molecule has 33 heavy (non-hydrogen) atoms. The molecule has 0 fully saturated rings. The summed E-state index contributed by atoms with van der Waals surface area (Å²) in [6.45, 7) is 6.29. The van der Waals surface area contributed by atoms with E-state index >= 15 is 0 Å². The Morgan fingerprint density at radius 3 is 2.52 bits per heavy atom. The minimum Gasteiger partial charge on any atom is -0.497 e. The summed E-state index contributed by atoms with van der Waals surface area (Å²) in [5.74, 6) is 2.23. The Balaban J connectivity index is 1.80. The smallest absolute Gasteiger partial charge is 0.162 e. The predicted molar refractivity (Wildman–Crippen MR) is 128 cm³/mol. The van der Waals surface area contributed by atoms with Crippen LogP contribution in [0.5, 0.6) is 11.5 Å². The normalized spacial score (nSPS) is 18.9. The molecule has 2 heterocycles. The molecular formula is C27H29N3O3. The van der Waals surface area contributed by atoms with Gasteiger partial charge in [-0.25, -0.2) is 4.68 Å². The SMILES string of the molecule is COc1ccc(OC)c([C@H]2C3=C(CC(C)(C)CC3=O)Nc3c2c(C)nn3-c2ccccc2)c1. The van der Waals surface area contributed by atoms with Gasteiger partial charge in [-0.2, -0.15) is 5.10 Å². The van der Waals surface area contributed by atoms with E-state index < -0.39 is 0 Å². The van der Waals surface area contributed by atoms with Crippen molar-refractivity contribution in [1.82, 2.24) is 9.78 Å². The molecule has 0 saturated heterocycles. The molecule has 5 rings (SSSR count). The van der Waals surface area contributed by atoms with Crippen LogP contribution in [-0.4, -0.2) is 29.8 Å². The van der Waals surface area contributed by atoms with Crippen molar-refractivity contribution in [1.29, 1.82) is 0 Å². The van der Waals surface area contributed by atoms with Crippen LogP contribution in [0.2, 0.25) is 0 Å². The van der Waals surface area contributed by atoms with Crippen molar-refractivity contribution < 1.29 is 14.3 Å². The summed E-state index contributed by atoms with van der Waals surface area (Å²) in [5, 5.41) is 8.53. The molecule has 6 nitrogen and oxygen atoms in total. The second kappa shape index (κ2) is 7.80. The highest BCUT2D eigenvalue weighted by Gasteiger charge is 2.43. The number of carbonyl (C=O) groups excluding carboxylic acids is 1. The number of ether oxygens (including phenoxy) is 2. The monoisotopic (exact) mass is 443 g/mol. The molecule has 0 saturated carbocycles. The molecule has 1 aliphatic carbocycles. The number of nitrogens with zero attached hydrogens (tertiary/aromatic N) is 2. The molecule has 1 aliphatic heterocycles. The third-order valence-corrected chi connectivity index (χ3v) is 6.62. The first kappa shape index (κ1) is 21.3. The third kappa shape index (κ3) is 3.50. The van der Waals surface area contributed by atoms with Crippen LogP contribution in [0.4, 0.5) is 5.82 Å². The molecule has 1 atom stereocenters. The van der Waals surface area contributed by atoms with Gasteiger partial charge in [-0.05, 0) is 49.1 Å². The van der Waals surface area contributed by atoms with Crippen LogP contribution in [0.15, 0.2) is 59.8 Å². The Morgan fingerprint density at radius 2 is 1.82 bits per heavy atom. The van der Waals surface area contributed by atoms with Crippen LogP contribution in [0.3, 0.4) is 0 Å². The van der Waals surface area contributed by atoms with Gasteiger partial charge in [-0.3, -0.25) is 4.79 Å². The van der Waals surface area contributed by atoms with Crippen molar-refractivity contribution in [3.8, 4) is 17.2 Å². The summed E-state index contributed by atoms with van der Waals surface area (Å²) in [6, 6.07) is 15.8. The van der Waals surface area contributed by atoms with Gasteiger partial charge in [-0.1, -0.05) is 32.0 Å². The topological polar surface area (TPSA) is 65.4 Å². The zero-order valence-corrected chi connectivity index (χ0v) is 19.7. The lowest BCUT2D eigenvalue weighted by molar-refractivity contribution is -0.118. The number of aromatic nitrogens is 2. The Hall–Kier alpha value is -3.54. The van der Waals surface area contributed by atoms with E-state index in [9.17, 15) is 4.79 Å². The van der Waals surface area contributed by atoms with Crippen molar-refractivity contribution >= 4 is 11.6 Å². The average Bonchev–Trinajstić information content (AvgIpc) is 3.13. The van der Waals surface area contributed by atoms with E-state index in [1.807, 2.05) is 60.1 Å². The number of ketones is 1. The number of fused-ring (bicyclic) bond motifs is 1. The number of Topliss-reactive ketones (excluding diaryl/α,β-unsaturated/α-hetero) is 1. The number of benzene rings is 2. The van der Waals surface area contributed by atoms with Crippen LogP contribution in [0.1, 0.15) is 49.4 Å². The van der Waals surface area contributed by atoms with Gasteiger partial charge in [0.15, 0.2) is 5.78 Å². The number of nitrogens with one attached hydrogen (secondary N) is 1. The van der Waals surface area contributed by atoms with Crippen molar-refractivity contribution in [2.24, 2.45) is 5.41 Å². The molecule has 6 heteroatoms. The lowest BCUT2D eigenvalue weighted by Gasteiger charge is -2.39. The van der Waals surface area contributed by atoms with Gasteiger partial charge in [0.05, 0.1) is 25.6 Å². The lowest BCUT2D eigenvalue weighted by atomic mass is 9.69. The Morgan fingerprint density at radius 1 is 1.06 bits per heavy atom. The van der Waals surface area contributed by atoms with Crippen LogP contribution in [0.25, 0.3) is 5.69 Å². The fourth-order valence-electron chi connectivity index (χ4n) is 5.21. The number of aryl methyl sites for hydroxylation is 1. The fourth-order valence-corrected chi connectivity index (χ4v) is 5.21. The van der Waals surface area contributed by atoms with Crippen molar-refractivity contribution in [3.63, 3.8) is 0 Å². The molecule has 3 aromatic rings. The summed E-state index contributed by atoms with van der Waals surface area (Å²) < 4.78 is 13.2. The van der Waals surface area contributed by atoms with E-state index in [2.05, 4.69) is 19.2 Å². The Labute approximate surface area is 194 Å². The van der Waals surface area contributed by atoms with E-state index in [1.165, 1.54) is 0 Å². The molecule has 0 amide bonds. The van der Waals surface area contributed by atoms with E-state index in [4.69, 9.17) is 14.6 Å². The zero-order valence-electron chi connectivity index (χ0n) is 19.7. The highest BCUT2D eigenvalue weighted by molar-refractivity contribution is 6.01. The maximum absolute atomic E-state index is 13.6. The zero-order chi connectivity index (χ0) is 23.3. The number of methoxy groups -OCH3 is 2. The summed E-state index contributed by atoms with van der Waals surface area (Å²) in [7, 11) is 3.31. The second-order valence-electron chi connectivity index (χ2n) is 9.59. The van der Waals surface area contributed by atoms with Gasteiger partial charge in [-0.15, -0.1) is 0 Å². The molecule has 0 radical (unpaired) electrons. The number of hydrogen-bond donors (Lipinski definition) is 1. The van der Waals surface area contributed by atoms with Crippen LogP contribution in [-0.2, 0) is 4.79 Å². The van der Waals surface area contributed by atoms with Crippen LogP contribution in [0, 0.1) is 12.3 Å². The lowest BCUT2D eigenvalue weighted by Crippen LogP contribution is -2.34. The molecule has 0 bridgehead atoms. The Bertz CT molecular complexity index is 1270. The molecule has 1 aromatic heterocycles. The molecule has 0 unspecified atom stereocenters. The maximum atomic E-state index is 13.6. The second-order valence-corrected chi connectivity index (χ2v) is 9.59. The van der Waals surface area contributed by atoms with Gasteiger partial charge in [0, 0.05) is 34.7 Å². The molecule has 2 aliphatic rings. The molecule has 1 N–H and O–H groups in total. The largest absolute Gasteiger partial charge is 0.497 e. The van der Waals surface area contributed by atoms with Gasteiger partial charge >= 0.3 is 0 Å². The van der Waals surface area contributed by atoms with Crippen LogP contribution >= 0.6 is 0 Å². The number of hydrogen-bond acceptors (Lipinski definition) is 5. The van der Waals surface area contributed by atoms with E-state index in [0.29, 0.717) is 6.42 Å². The average molecular weight is 444 g/mol. The summed E-state index contributed by atoms with van der Waals surface area (Å²) in [6.07, 6.45) is 1.30. The highest BCUT2D eigenvalue weighted by Crippen LogP contribution is 2.52. The summed E-state index contributed by atoms with van der Waals surface area (Å²) in [5.41, 5.74) is 5.42. The Kier molecular flexibility index (Phi) is 5.04. The maximum Gasteiger partial charge on any atom is 0.162 e. The van der Waals surface area contributed by atoms with Crippen molar-refractivity contribution in [2.75, 3.05) is 19.5 Å². The van der Waals surface area contributed by atoms with Gasteiger partial charge in [0.25, 0.3) is 0 Å². The predicted octanol–water partition coefficient (Wildman–Crippen LogP) is 5.40. The third-order valence-electron chi connectivity index (χ3n) is 6.62. The molecular weight excluding hydrogens is 414 g/mol. The fraction of sp³-hybridized carbons (Fsp3) is 0.333. The van der Waals surface area contributed by atoms with Crippen molar-refractivity contribution in [3.05, 3.63) is 76.6 Å². The first-order chi connectivity index (χ1) is 15.8. The standard InChI is InChI=1S/C27H29N3O3/c1-16-23-24(19-13-18(32-4)11-12-22(19)33-5)25-20(14-27(2,3)15-21(25)31)28-26(23)30(29-16)17-9-7-6-8-10-17/h6-13,24,28H,14-15H2,1-5H3/t24-/m1/s1. The minimum atomic E-state index is -0.289. The van der Waals surface area contributed by atoms with Crippen molar-refractivity contribution in [2.45, 2.75) is 39.5 Å². The molecule has 170 valence electrons. The quantitative estimate of drug-likeness (QED) is 0.585. The molecule has 2 aromatic carbocycles. The summed E-state index contributed by atoms with van der Waals surface area (Å²) >= 11 is 0. The van der Waals surface area contributed by atoms with Crippen LogP contribution < -0.4 is 14.8 Å². The van der Waals surface area contributed by atoms with E-state index in [0.717, 1.165) is 57.5 Å². The number of anilines is 1. The number of para-hydroxylation sites is 1. The van der Waals surface area contributed by atoms with Gasteiger partial charge in [0.1, 0.15) is 17.3 Å². The molecule has 0 spiro atoms. The summed E-state index contributed by atoms with van der Waals surface area (Å²) in [4.78, 5) is 13.6. The van der Waals surface area contributed by atoms with Gasteiger partial charge < -0.3 is 14.8 Å². The highest BCUT2D eigenvalue weighted by atomic mass is 16.5. The number of rotatable bonds is 4. The van der Waals surface area contributed by atoms with Gasteiger partial charge in [0.2, 0.25) is 0 Å². The first-order valence-corrected chi connectivity index (χ1v) is 11.2. The van der Waals surface area contributed by atoms with E-state index in [1.54, 1.807) is 14.2 Å². The first-order valence-electron chi connectivity index (χ1n) is 11.2. The van der Waals surface area contributed by atoms with E-state index in [-0.39, 0.29) is 17.1 Å². The number of allylic oxidation sites excluding steroid dienone is 2. The minimum absolute atomic E-state index is 0.115. The number of carbonyl (C=O) groups is 1.